The second-order valence-electron chi connectivity index (χ2n) is 5.62. The molecule has 1 aliphatic rings. The van der Waals surface area contributed by atoms with E-state index in [1.807, 2.05) is 29.1 Å². The Kier molecular flexibility index (Phi) is 4.77. The minimum Gasteiger partial charge on any atom is -0.461 e. The standard InChI is InChI=1S/C15H22N2O2/c1-12(2)9-13(11-17-7-4-6-16-17)10-14-5-3-8-19-15(14)18/h3-7,12-14H,8-11H2,1-2H3. The van der Waals surface area contributed by atoms with Gasteiger partial charge in [-0.3, -0.25) is 9.48 Å². The highest BCUT2D eigenvalue weighted by molar-refractivity contribution is 5.75. The number of rotatable bonds is 6. The van der Waals surface area contributed by atoms with Crippen LogP contribution in [0.5, 0.6) is 0 Å². The third-order valence-corrected chi connectivity index (χ3v) is 3.39. The lowest BCUT2D eigenvalue weighted by molar-refractivity contribution is -0.147. The molecule has 4 heteroatoms. The maximum atomic E-state index is 11.7. The van der Waals surface area contributed by atoms with Crippen LogP contribution in [0.1, 0.15) is 26.7 Å². The zero-order valence-electron chi connectivity index (χ0n) is 11.7. The van der Waals surface area contributed by atoms with Gasteiger partial charge >= 0.3 is 5.97 Å². The Labute approximate surface area is 114 Å². The number of aromatic nitrogens is 2. The maximum Gasteiger partial charge on any atom is 0.313 e. The molecule has 2 rings (SSSR count). The average molecular weight is 262 g/mol. The van der Waals surface area contributed by atoms with Gasteiger partial charge in [0.1, 0.15) is 6.61 Å². The number of esters is 1. The molecule has 0 saturated heterocycles. The minimum absolute atomic E-state index is 0.0864. The molecule has 2 atom stereocenters. The fourth-order valence-electron chi connectivity index (χ4n) is 2.65. The lowest BCUT2D eigenvalue weighted by atomic mass is 9.87. The topological polar surface area (TPSA) is 44.1 Å². The van der Waals surface area contributed by atoms with Crippen molar-refractivity contribution < 1.29 is 9.53 Å². The number of ether oxygens (including phenoxy) is 1. The summed E-state index contributed by atoms with van der Waals surface area (Å²) in [7, 11) is 0. The fraction of sp³-hybridized carbons (Fsp3) is 0.600. The highest BCUT2D eigenvalue weighted by Crippen LogP contribution is 2.25. The molecule has 0 aromatic carbocycles. The van der Waals surface area contributed by atoms with Crippen molar-refractivity contribution >= 4 is 5.97 Å². The normalized spacial score (nSPS) is 20.6. The van der Waals surface area contributed by atoms with E-state index in [1.165, 1.54) is 0 Å². The van der Waals surface area contributed by atoms with Crippen LogP contribution in [0.25, 0.3) is 0 Å². The van der Waals surface area contributed by atoms with Gasteiger partial charge in [0.25, 0.3) is 0 Å². The van der Waals surface area contributed by atoms with Gasteiger partial charge in [-0.1, -0.05) is 26.0 Å². The van der Waals surface area contributed by atoms with Crippen LogP contribution in [0.2, 0.25) is 0 Å². The van der Waals surface area contributed by atoms with Crippen molar-refractivity contribution in [3.63, 3.8) is 0 Å². The molecule has 1 aromatic heterocycles. The first kappa shape index (κ1) is 13.8. The molecule has 2 unspecified atom stereocenters. The van der Waals surface area contributed by atoms with E-state index in [2.05, 4.69) is 18.9 Å². The van der Waals surface area contributed by atoms with Crippen molar-refractivity contribution in [3.05, 3.63) is 30.6 Å². The van der Waals surface area contributed by atoms with E-state index in [-0.39, 0.29) is 11.9 Å². The van der Waals surface area contributed by atoms with E-state index in [1.54, 1.807) is 6.20 Å². The van der Waals surface area contributed by atoms with Gasteiger partial charge in [0.05, 0.1) is 5.92 Å². The molecule has 104 valence electrons. The Bertz CT molecular complexity index is 423. The Hall–Kier alpha value is -1.58. The van der Waals surface area contributed by atoms with E-state index < -0.39 is 0 Å². The molecule has 0 N–H and O–H groups in total. The predicted octanol–water partition coefficient (Wildman–Crippen LogP) is 2.66. The predicted molar refractivity (Wildman–Crippen MR) is 73.4 cm³/mol. The van der Waals surface area contributed by atoms with Crippen LogP contribution < -0.4 is 0 Å². The average Bonchev–Trinajstić information content (AvgIpc) is 2.84. The van der Waals surface area contributed by atoms with Gasteiger partial charge in [-0.2, -0.15) is 5.10 Å². The molecule has 0 radical (unpaired) electrons. The summed E-state index contributed by atoms with van der Waals surface area (Å²) in [4.78, 5) is 11.7. The van der Waals surface area contributed by atoms with Gasteiger partial charge < -0.3 is 4.74 Å². The van der Waals surface area contributed by atoms with Crippen LogP contribution in [0.4, 0.5) is 0 Å². The monoisotopic (exact) mass is 262 g/mol. The molecule has 0 spiro atoms. The molecule has 2 heterocycles. The lowest BCUT2D eigenvalue weighted by Crippen LogP contribution is -2.25. The number of carbonyl (C=O) groups excluding carboxylic acids is 1. The fourth-order valence-corrected chi connectivity index (χ4v) is 2.65. The number of carbonyl (C=O) groups is 1. The Morgan fingerprint density at radius 2 is 2.37 bits per heavy atom. The SMILES string of the molecule is CC(C)CC(CC1C=CCOC1=O)Cn1cccn1. The van der Waals surface area contributed by atoms with Crippen LogP contribution in [0.3, 0.4) is 0 Å². The van der Waals surface area contributed by atoms with Crippen LogP contribution in [-0.2, 0) is 16.1 Å². The molecular formula is C15H22N2O2. The maximum absolute atomic E-state index is 11.7. The van der Waals surface area contributed by atoms with Crippen LogP contribution in [-0.4, -0.2) is 22.4 Å². The first-order chi connectivity index (χ1) is 9.15. The molecule has 1 aromatic rings. The van der Waals surface area contributed by atoms with E-state index >= 15 is 0 Å². The second-order valence-corrected chi connectivity index (χ2v) is 5.62. The molecule has 0 bridgehead atoms. The number of hydrogen-bond donors (Lipinski definition) is 0. The van der Waals surface area contributed by atoms with Crippen molar-refractivity contribution in [2.24, 2.45) is 17.8 Å². The smallest absolute Gasteiger partial charge is 0.313 e. The molecular weight excluding hydrogens is 240 g/mol. The zero-order valence-corrected chi connectivity index (χ0v) is 11.7. The van der Waals surface area contributed by atoms with Crippen molar-refractivity contribution in [2.75, 3.05) is 6.61 Å². The summed E-state index contributed by atoms with van der Waals surface area (Å²) in [5.74, 6) is 0.883. The van der Waals surface area contributed by atoms with Crippen molar-refractivity contribution in [1.29, 1.82) is 0 Å². The van der Waals surface area contributed by atoms with Gasteiger partial charge in [-0.25, -0.2) is 0 Å². The van der Waals surface area contributed by atoms with Crippen molar-refractivity contribution in [3.8, 4) is 0 Å². The molecule has 19 heavy (non-hydrogen) atoms. The molecule has 0 amide bonds. The summed E-state index contributed by atoms with van der Waals surface area (Å²) in [6, 6.07) is 1.93. The van der Waals surface area contributed by atoms with Gasteiger partial charge in [0, 0.05) is 18.9 Å². The minimum atomic E-state index is -0.0898. The summed E-state index contributed by atoms with van der Waals surface area (Å²) in [5.41, 5.74) is 0. The van der Waals surface area contributed by atoms with E-state index in [0.717, 1.165) is 19.4 Å². The number of nitrogens with zero attached hydrogens (tertiary/aromatic N) is 2. The van der Waals surface area contributed by atoms with E-state index in [4.69, 9.17) is 4.74 Å². The Morgan fingerprint density at radius 3 is 3.00 bits per heavy atom. The molecule has 0 aliphatic carbocycles. The third-order valence-electron chi connectivity index (χ3n) is 3.39. The van der Waals surface area contributed by atoms with Crippen molar-refractivity contribution in [2.45, 2.75) is 33.2 Å². The van der Waals surface area contributed by atoms with Crippen LogP contribution in [0.15, 0.2) is 30.6 Å². The Morgan fingerprint density at radius 1 is 1.53 bits per heavy atom. The van der Waals surface area contributed by atoms with Gasteiger partial charge in [0.2, 0.25) is 0 Å². The highest BCUT2D eigenvalue weighted by Gasteiger charge is 2.24. The largest absolute Gasteiger partial charge is 0.461 e. The first-order valence-corrected chi connectivity index (χ1v) is 6.96. The quantitative estimate of drug-likeness (QED) is 0.585. The molecule has 4 nitrogen and oxygen atoms in total. The third kappa shape index (κ3) is 4.23. The van der Waals surface area contributed by atoms with Gasteiger partial charge in [0.15, 0.2) is 0 Å². The highest BCUT2D eigenvalue weighted by atomic mass is 16.5. The summed E-state index contributed by atoms with van der Waals surface area (Å²) in [6.45, 7) is 5.71. The first-order valence-electron chi connectivity index (χ1n) is 6.96. The molecule has 0 saturated carbocycles. The summed E-state index contributed by atoms with van der Waals surface area (Å²) in [5, 5.41) is 4.26. The summed E-state index contributed by atoms with van der Waals surface area (Å²) >= 11 is 0. The van der Waals surface area contributed by atoms with E-state index in [9.17, 15) is 4.79 Å². The number of cyclic esters (lactones) is 1. The summed E-state index contributed by atoms with van der Waals surface area (Å²) < 4.78 is 7.03. The second kappa shape index (κ2) is 6.55. The van der Waals surface area contributed by atoms with Gasteiger partial charge in [-0.05, 0) is 30.7 Å². The van der Waals surface area contributed by atoms with E-state index in [0.29, 0.717) is 18.4 Å². The van der Waals surface area contributed by atoms with Crippen LogP contribution >= 0.6 is 0 Å². The lowest BCUT2D eigenvalue weighted by Gasteiger charge is -2.23. The summed E-state index contributed by atoms with van der Waals surface area (Å²) in [6.07, 6.45) is 9.63. The van der Waals surface area contributed by atoms with Gasteiger partial charge in [-0.15, -0.1) is 0 Å². The Balaban J connectivity index is 1.98. The zero-order chi connectivity index (χ0) is 13.7. The number of hydrogen-bond acceptors (Lipinski definition) is 3. The van der Waals surface area contributed by atoms with Crippen LogP contribution in [0, 0.1) is 17.8 Å². The molecule has 0 fully saturated rings. The van der Waals surface area contributed by atoms with Crippen molar-refractivity contribution in [1.82, 2.24) is 9.78 Å². The molecule has 1 aliphatic heterocycles.